The summed E-state index contributed by atoms with van der Waals surface area (Å²) in [5.41, 5.74) is 0. The van der Waals surface area contributed by atoms with Gasteiger partial charge in [0.1, 0.15) is 12.4 Å². The Labute approximate surface area is 116 Å². The van der Waals surface area contributed by atoms with Gasteiger partial charge < -0.3 is 10.1 Å². The Morgan fingerprint density at radius 3 is 2.63 bits per heavy atom. The third kappa shape index (κ3) is 4.84. The second kappa shape index (κ2) is 7.50. The van der Waals surface area contributed by atoms with Crippen molar-refractivity contribution in [3.05, 3.63) is 24.3 Å². The predicted octanol–water partition coefficient (Wildman–Crippen LogP) is 2.25. The summed E-state index contributed by atoms with van der Waals surface area (Å²) < 4.78 is 29.6. The third-order valence-corrected chi connectivity index (χ3v) is 4.88. The lowest BCUT2D eigenvalue weighted by Crippen LogP contribution is -2.21. The van der Waals surface area contributed by atoms with Crippen LogP contribution in [-0.2, 0) is 9.84 Å². The minimum atomic E-state index is -3.23. The van der Waals surface area contributed by atoms with E-state index in [-0.39, 0.29) is 0 Å². The van der Waals surface area contributed by atoms with Crippen molar-refractivity contribution in [3.8, 4) is 5.75 Å². The van der Waals surface area contributed by atoms with Gasteiger partial charge >= 0.3 is 0 Å². The first-order valence-electron chi connectivity index (χ1n) is 6.66. The van der Waals surface area contributed by atoms with Gasteiger partial charge in [0.2, 0.25) is 0 Å². The van der Waals surface area contributed by atoms with E-state index in [1.165, 1.54) is 0 Å². The van der Waals surface area contributed by atoms with E-state index in [2.05, 4.69) is 12.2 Å². The molecular formula is C14H23NO3S. The summed E-state index contributed by atoms with van der Waals surface area (Å²) in [6.45, 7) is 7.72. The molecule has 108 valence electrons. The van der Waals surface area contributed by atoms with Crippen LogP contribution in [0.15, 0.2) is 29.2 Å². The highest BCUT2D eigenvalue weighted by Gasteiger charge is 2.19. The van der Waals surface area contributed by atoms with Crippen LogP contribution in [0.1, 0.15) is 27.2 Å². The molecule has 1 N–H and O–H groups in total. The molecule has 0 aliphatic rings. The molecule has 0 atom stereocenters. The smallest absolute Gasteiger partial charge is 0.180 e. The first-order valence-corrected chi connectivity index (χ1v) is 8.20. The van der Waals surface area contributed by atoms with Gasteiger partial charge in [0.25, 0.3) is 0 Å². The Bertz CT molecular complexity index is 483. The molecule has 5 heteroatoms. The van der Waals surface area contributed by atoms with Crippen LogP contribution >= 0.6 is 0 Å². The molecule has 0 aromatic heterocycles. The monoisotopic (exact) mass is 285 g/mol. The quantitative estimate of drug-likeness (QED) is 0.744. The van der Waals surface area contributed by atoms with E-state index in [1.54, 1.807) is 38.1 Å². The summed E-state index contributed by atoms with van der Waals surface area (Å²) in [4.78, 5) is 0.321. The topological polar surface area (TPSA) is 55.4 Å². The lowest BCUT2D eigenvalue weighted by molar-refractivity contribution is 0.313. The molecule has 4 nitrogen and oxygen atoms in total. The molecule has 0 radical (unpaired) electrons. The highest BCUT2D eigenvalue weighted by Crippen LogP contribution is 2.21. The van der Waals surface area contributed by atoms with Crippen molar-refractivity contribution in [2.75, 3.05) is 19.7 Å². The fourth-order valence-electron chi connectivity index (χ4n) is 1.56. The largest absolute Gasteiger partial charge is 0.492 e. The zero-order valence-electron chi connectivity index (χ0n) is 11.8. The number of benzene rings is 1. The lowest BCUT2D eigenvalue weighted by atomic mass is 10.3. The van der Waals surface area contributed by atoms with Crippen molar-refractivity contribution >= 4 is 9.84 Å². The van der Waals surface area contributed by atoms with Crippen LogP contribution in [0.25, 0.3) is 0 Å². The van der Waals surface area contributed by atoms with E-state index < -0.39 is 15.1 Å². The molecule has 0 heterocycles. The normalized spacial score (nSPS) is 11.8. The Morgan fingerprint density at radius 2 is 2.00 bits per heavy atom. The lowest BCUT2D eigenvalue weighted by Gasteiger charge is -2.11. The molecular weight excluding hydrogens is 262 g/mol. The van der Waals surface area contributed by atoms with Gasteiger partial charge in [0.05, 0.1) is 10.1 Å². The van der Waals surface area contributed by atoms with Crippen molar-refractivity contribution in [1.82, 2.24) is 5.32 Å². The van der Waals surface area contributed by atoms with Crippen LogP contribution in [0, 0.1) is 0 Å². The molecule has 0 aliphatic carbocycles. The predicted molar refractivity (Wildman–Crippen MR) is 77.4 cm³/mol. The highest BCUT2D eigenvalue weighted by molar-refractivity contribution is 7.92. The van der Waals surface area contributed by atoms with E-state index in [4.69, 9.17) is 4.74 Å². The van der Waals surface area contributed by atoms with Gasteiger partial charge in [-0.1, -0.05) is 13.0 Å². The standard InChI is InChI=1S/C14H23NO3S/c1-4-8-15-9-10-18-13-6-5-7-14(11-13)19(16,17)12(2)3/h5-7,11-12,15H,4,8-10H2,1-3H3. The van der Waals surface area contributed by atoms with E-state index in [0.717, 1.165) is 19.5 Å². The number of ether oxygens (including phenoxy) is 1. The molecule has 0 amide bonds. The number of sulfone groups is 1. The van der Waals surface area contributed by atoms with Crippen molar-refractivity contribution in [1.29, 1.82) is 0 Å². The SMILES string of the molecule is CCCNCCOc1cccc(S(=O)(=O)C(C)C)c1. The van der Waals surface area contributed by atoms with E-state index in [0.29, 0.717) is 17.3 Å². The minimum Gasteiger partial charge on any atom is -0.492 e. The molecule has 1 aromatic rings. The van der Waals surface area contributed by atoms with Crippen molar-refractivity contribution in [3.63, 3.8) is 0 Å². The average molecular weight is 285 g/mol. The zero-order valence-corrected chi connectivity index (χ0v) is 12.7. The van der Waals surface area contributed by atoms with Gasteiger partial charge in [0, 0.05) is 6.54 Å². The third-order valence-electron chi connectivity index (χ3n) is 2.73. The maximum absolute atomic E-state index is 12.0. The minimum absolute atomic E-state index is 0.321. The Balaban J connectivity index is 2.63. The summed E-state index contributed by atoms with van der Waals surface area (Å²) >= 11 is 0. The van der Waals surface area contributed by atoms with Crippen LogP contribution in [0.3, 0.4) is 0 Å². The second-order valence-electron chi connectivity index (χ2n) is 4.67. The molecule has 1 aromatic carbocycles. The van der Waals surface area contributed by atoms with Crippen LogP contribution in [-0.4, -0.2) is 33.4 Å². The molecule has 19 heavy (non-hydrogen) atoms. The van der Waals surface area contributed by atoms with Gasteiger partial charge in [0.15, 0.2) is 9.84 Å². The van der Waals surface area contributed by atoms with E-state index >= 15 is 0 Å². The Hall–Kier alpha value is -1.07. The maximum atomic E-state index is 12.0. The summed E-state index contributed by atoms with van der Waals surface area (Å²) in [6, 6.07) is 6.69. The molecule has 0 aliphatic heterocycles. The van der Waals surface area contributed by atoms with Crippen LogP contribution in [0.4, 0.5) is 0 Å². The number of nitrogens with one attached hydrogen (secondary N) is 1. The fourth-order valence-corrected chi connectivity index (χ4v) is 2.65. The average Bonchev–Trinajstić information content (AvgIpc) is 2.38. The van der Waals surface area contributed by atoms with Crippen LogP contribution in [0.2, 0.25) is 0 Å². The second-order valence-corrected chi connectivity index (χ2v) is 7.17. The molecule has 0 spiro atoms. The number of rotatable bonds is 8. The Kier molecular flexibility index (Phi) is 6.31. The summed E-state index contributed by atoms with van der Waals surface area (Å²) in [7, 11) is -3.23. The maximum Gasteiger partial charge on any atom is 0.180 e. The van der Waals surface area contributed by atoms with Gasteiger partial charge in [-0.3, -0.25) is 0 Å². The van der Waals surface area contributed by atoms with Crippen molar-refractivity contribution in [2.24, 2.45) is 0 Å². The van der Waals surface area contributed by atoms with Gasteiger partial charge in [-0.2, -0.15) is 0 Å². The van der Waals surface area contributed by atoms with Crippen molar-refractivity contribution < 1.29 is 13.2 Å². The van der Waals surface area contributed by atoms with Crippen LogP contribution in [0.5, 0.6) is 5.75 Å². The summed E-state index contributed by atoms with van der Waals surface area (Å²) in [5.74, 6) is 0.597. The first-order chi connectivity index (χ1) is 8.98. The molecule has 0 saturated carbocycles. The molecule has 0 saturated heterocycles. The van der Waals surface area contributed by atoms with Crippen molar-refractivity contribution in [2.45, 2.75) is 37.3 Å². The molecule has 1 rings (SSSR count). The number of hydrogen-bond donors (Lipinski definition) is 1. The molecule has 0 bridgehead atoms. The number of hydrogen-bond acceptors (Lipinski definition) is 4. The first kappa shape index (κ1) is 16.0. The van der Waals surface area contributed by atoms with E-state index in [1.807, 2.05) is 0 Å². The van der Waals surface area contributed by atoms with Gasteiger partial charge in [-0.25, -0.2) is 8.42 Å². The molecule has 0 fully saturated rings. The summed E-state index contributed by atoms with van der Waals surface area (Å²) in [5, 5.41) is 2.80. The van der Waals surface area contributed by atoms with Gasteiger partial charge in [-0.15, -0.1) is 0 Å². The van der Waals surface area contributed by atoms with E-state index in [9.17, 15) is 8.42 Å². The molecule has 0 unspecified atom stereocenters. The zero-order chi connectivity index (χ0) is 14.3. The highest BCUT2D eigenvalue weighted by atomic mass is 32.2. The Morgan fingerprint density at radius 1 is 1.26 bits per heavy atom. The van der Waals surface area contributed by atoms with Crippen LogP contribution < -0.4 is 10.1 Å². The van der Waals surface area contributed by atoms with Gasteiger partial charge in [-0.05, 0) is 45.0 Å². The summed E-state index contributed by atoms with van der Waals surface area (Å²) in [6.07, 6.45) is 1.09. The fraction of sp³-hybridized carbons (Fsp3) is 0.571.